The average molecular weight is 259 g/mol. The summed E-state index contributed by atoms with van der Waals surface area (Å²) >= 11 is 1.49. The van der Waals surface area contributed by atoms with Gasteiger partial charge in [-0.3, -0.25) is 0 Å². The largest absolute Gasteiger partial charge is 0.375 e. The lowest BCUT2D eigenvalue weighted by molar-refractivity contribution is 0.737. The highest BCUT2D eigenvalue weighted by Crippen LogP contribution is 2.28. The summed E-state index contributed by atoms with van der Waals surface area (Å²) in [5, 5.41) is 8.95. The summed E-state index contributed by atoms with van der Waals surface area (Å²) in [5.41, 5.74) is 7.69. The molecule has 2 N–H and O–H groups in total. The van der Waals surface area contributed by atoms with Gasteiger partial charge in [-0.15, -0.1) is 10.2 Å². The third-order valence-electron chi connectivity index (χ3n) is 2.92. The van der Waals surface area contributed by atoms with Crippen LogP contribution in [0.3, 0.4) is 0 Å². The summed E-state index contributed by atoms with van der Waals surface area (Å²) in [6.45, 7) is 4.91. The summed E-state index contributed by atoms with van der Waals surface area (Å²) in [7, 11) is 0. The Hall–Kier alpha value is -1.95. The molecular weight excluding hydrogens is 246 g/mol. The van der Waals surface area contributed by atoms with Crippen LogP contribution < -0.4 is 5.73 Å². The van der Waals surface area contributed by atoms with Crippen LogP contribution in [0.4, 0.5) is 5.13 Å². The quantitative estimate of drug-likeness (QED) is 0.767. The normalized spacial score (nSPS) is 11.2. The van der Waals surface area contributed by atoms with Crippen LogP contribution in [-0.4, -0.2) is 19.7 Å². The van der Waals surface area contributed by atoms with Crippen molar-refractivity contribution in [2.24, 2.45) is 0 Å². The number of nitrogen functional groups attached to an aromatic ring is 1. The monoisotopic (exact) mass is 259 g/mol. The molecule has 0 unspecified atom stereocenters. The van der Waals surface area contributed by atoms with E-state index >= 15 is 0 Å². The minimum absolute atomic E-state index is 0.593. The number of rotatable bonds is 2. The van der Waals surface area contributed by atoms with Crippen molar-refractivity contribution in [1.82, 2.24) is 19.7 Å². The maximum atomic E-state index is 5.71. The molecule has 2 aromatic heterocycles. The van der Waals surface area contributed by atoms with E-state index in [1.165, 1.54) is 11.3 Å². The first-order chi connectivity index (χ1) is 8.69. The SMILES string of the molecule is CCn1c(C)nnc1-c1ccc2nc(N)sc2c1. The van der Waals surface area contributed by atoms with E-state index in [4.69, 9.17) is 5.73 Å². The number of thiazole rings is 1. The molecule has 0 saturated heterocycles. The second-order valence-electron chi connectivity index (χ2n) is 4.05. The second-order valence-corrected chi connectivity index (χ2v) is 5.11. The Kier molecular flexibility index (Phi) is 2.52. The van der Waals surface area contributed by atoms with Crippen LogP contribution in [0.5, 0.6) is 0 Å². The Morgan fingerprint density at radius 1 is 1.33 bits per heavy atom. The van der Waals surface area contributed by atoms with Crippen LogP contribution in [0.1, 0.15) is 12.7 Å². The van der Waals surface area contributed by atoms with E-state index in [0.29, 0.717) is 5.13 Å². The van der Waals surface area contributed by atoms with Gasteiger partial charge in [-0.1, -0.05) is 11.3 Å². The van der Waals surface area contributed by atoms with Crippen molar-refractivity contribution in [2.45, 2.75) is 20.4 Å². The lowest BCUT2D eigenvalue weighted by atomic mass is 10.2. The molecule has 1 aromatic carbocycles. The molecule has 0 spiro atoms. The Labute approximate surface area is 108 Å². The predicted octanol–water partition coefficient (Wildman–Crippen LogP) is 2.47. The number of nitrogens with zero attached hydrogens (tertiary/aromatic N) is 4. The van der Waals surface area contributed by atoms with Gasteiger partial charge in [0, 0.05) is 12.1 Å². The van der Waals surface area contributed by atoms with Gasteiger partial charge in [-0.2, -0.15) is 0 Å². The fourth-order valence-corrected chi connectivity index (χ4v) is 2.83. The van der Waals surface area contributed by atoms with Gasteiger partial charge in [0.1, 0.15) is 5.82 Å². The molecule has 0 fully saturated rings. The van der Waals surface area contributed by atoms with Gasteiger partial charge in [0.15, 0.2) is 11.0 Å². The highest BCUT2D eigenvalue weighted by molar-refractivity contribution is 7.22. The van der Waals surface area contributed by atoms with Crippen LogP contribution in [0, 0.1) is 6.92 Å². The molecule has 2 heterocycles. The summed E-state index contributed by atoms with van der Waals surface area (Å²) in [6, 6.07) is 6.05. The van der Waals surface area contributed by atoms with Crippen LogP contribution in [0.2, 0.25) is 0 Å². The zero-order valence-corrected chi connectivity index (χ0v) is 11.0. The van der Waals surface area contributed by atoms with Crippen molar-refractivity contribution in [1.29, 1.82) is 0 Å². The molecule has 92 valence electrons. The van der Waals surface area contributed by atoms with Gasteiger partial charge in [0.05, 0.1) is 10.2 Å². The van der Waals surface area contributed by atoms with E-state index in [-0.39, 0.29) is 0 Å². The highest BCUT2D eigenvalue weighted by Gasteiger charge is 2.11. The third-order valence-corrected chi connectivity index (χ3v) is 3.76. The Morgan fingerprint density at radius 3 is 2.94 bits per heavy atom. The Morgan fingerprint density at radius 2 is 2.17 bits per heavy atom. The maximum Gasteiger partial charge on any atom is 0.181 e. The summed E-state index contributed by atoms with van der Waals surface area (Å²) in [5.74, 6) is 1.82. The van der Waals surface area contributed by atoms with E-state index in [9.17, 15) is 0 Å². The van der Waals surface area contributed by atoms with Crippen molar-refractivity contribution < 1.29 is 0 Å². The zero-order chi connectivity index (χ0) is 12.7. The predicted molar refractivity (Wildman–Crippen MR) is 73.5 cm³/mol. The first-order valence-corrected chi connectivity index (χ1v) is 6.57. The smallest absolute Gasteiger partial charge is 0.181 e. The molecule has 0 radical (unpaired) electrons. The van der Waals surface area contributed by atoms with Gasteiger partial charge < -0.3 is 10.3 Å². The fraction of sp³-hybridized carbons (Fsp3) is 0.250. The molecule has 0 amide bonds. The van der Waals surface area contributed by atoms with Crippen molar-refractivity contribution >= 4 is 26.7 Å². The molecule has 18 heavy (non-hydrogen) atoms. The van der Waals surface area contributed by atoms with Gasteiger partial charge in [-0.25, -0.2) is 4.98 Å². The number of aryl methyl sites for hydroxylation is 1. The molecule has 0 bridgehead atoms. The number of aromatic nitrogens is 4. The molecule has 0 aliphatic rings. The molecule has 0 saturated carbocycles. The molecule has 3 aromatic rings. The highest BCUT2D eigenvalue weighted by atomic mass is 32.1. The third kappa shape index (κ3) is 1.65. The molecular formula is C12H13N5S. The summed E-state index contributed by atoms with van der Waals surface area (Å²) in [4.78, 5) is 4.25. The molecule has 0 aliphatic heterocycles. The number of nitrogens with two attached hydrogens (primary N) is 1. The molecule has 0 atom stereocenters. The van der Waals surface area contributed by atoms with Crippen molar-refractivity contribution in [2.75, 3.05) is 5.73 Å². The second kappa shape index (κ2) is 4.06. The Bertz CT molecular complexity index is 712. The minimum atomic E-state index is 0.593. The number of hydrogen-bond donors (Lipinski definition) is 1. The number of hydrogen-bond acceptors (Lipinski definition) is 5. The summed E-state index contributed by atoms with van der Waals surface area (Å²) in [6.07, 6.45) is 0. The first-order valence-electron chi connectivity index (χ1n) is 5.75. The van der Waals surface area contributed by atoms with E-state index < -0.39 is 0 Å². The lowest BCUT2D eigenvalue weighted by Crippen LogP contribution is -1.99. The van der Waals surface area contributed by atoms with Crippen LogP contribution in [0.15, 0.2) is 18.2 Å². The number of benzene rings is 1. The van der Waals surface area contributed by atoms with Gasteiger partial charge in [0.25, 0.3) is 0 Å². The van der Waals surface area contributed by atoms with Crippen LogP contribution in [0.25, 0.3) is 21.6 Å². The maximum absolute atomic E-state index is 5.71. The molecule has 6 heteroatoms. The minimum Gasteiger partial charge on any atom is -0.375 e. The van der Waals surface area contributed by atoms with Gasteiger partial charge in [0.2, 0.25) is 0 Å². The zero-order valence-electron chi connectivity index (χ0n) is 10.2. The van der Waals surface area contributed by atoms with Crippen molar-refractivity contribution in [3.63, 3.8) is 0 Å². The van der Waals surface area contributed by atoms with Crippen molar-refractivity contribution in [3.8, 4) is 11.4 Å². The number of anilines is 1. The average Bonchev–Trinajstić information content (AvgIpc) is 2.89. The first kappa shape index (κ1) is 11.2. The topological polar surface area (TPSA) is 69.6 Å². The van der Waals surface area contributed by atoms with Gasteiger partial charge >= 0.3 is 0 Å². The molecule has 0 aliphatic carbocycles. The van der Waals surface area contributed by atoms with Gasteiger partial charge in [-0.05, 0) is 32.0 Å². The standard InChI is InChI=1S/C12H13N5S/c1-3-17-7(2)15-16-11(17)8-4-5-9-10(6-8)18-12(13)14-9/h4-6H,3H2,1-2H3,(H2,13,14). The van der Waals surface area contributed by atoms with E-state index in [0.717, 1.165) is 34.0 Å². The molecule has 3 rings (SSSR count). The van der Waals surface area contributed by atoms with Crippen molar-refractivity contribution in [3.05, 3.63) is 24.0 Å². The van der Waals surface area contributed by atoms with E-state index in [2.05, 4.69) is 32.7 Å². The van der Waals surface area contributed by atoms with Crippen LogP contribution in [-0.2, 0) is 6.54 Å². The van der Waals surface area contributed by atoms with Crippen LogP contribution >= 0.6 is 11.3 Å². The fourth-order valence-electron chi connectivity index (χ4n) is 2.05. The number of fused-ring (bicyclic) bond motifs is 1. The summed E-state index contributed by atoms with van der Waals surface area (Å²) < 4.78 is 3.17. The lowest BCUT2D eigenvalue weighted by Gasteiger charge is -2.04. The van der Waals surface area contributed by atoms with E-state index in [1.807, 2.05) is 19.1 Å². The Balaban J connectivity index is 2.18. The van der Waals surface area contributed by atoms with E-state index in [1.54, 1.807) is 0 Å². The molecule has 5 nitrogen and oxygen atoms in total.